The smallest absolute Gasteiger partial charge is 0.274 e. The third-order valence-corrected chi connectivity index (χ3v) is 2.74. The number of aromatic hydroxyl groups is 2. The number of benzene rings is 2. The molecule has 0 spiro atoms. The number of phenolic OH excluding ortho intramolecular Hbond substituents is 2. The zero-order valence-corrected chi connectivity index (χ0v) is 11.1. The number of ether oxygens (including phenoxy) is 1. The van der Waals surface area contributed by atoms with Crippen molar-refractivity contribution in [1.82, 2.24) is 0 Å². The average Bonchev–Trinajstić information content (AvgIpc) is 2.47. The first kappa shape index (κ1) is 14.3. The van der Waals surface area contributed by atoms with Crippen LogP contribution in [0.15, 0.2) is 41.4 Å². The summed E-state index contributed by atoms with van der Waals surface area (Å²) in [7, 11) is 1.29. The summed E-state index contributed by atoms with van der Waals surface area (Å²) in [6, 6.07) is 8.63. The van der Waals surface area contributed by atoms with Crippen LogP contribution >= 0.6 is 0 Å². The lowest BCUT2D eigenvalue weighted by molar-refractivity contribution is -0.385. The number of hydrogen-bond donors (Lipinski definition) is 2. The topological polar surface area (TPSA) is 105 Å². The molecule has 0 bridgehead atoms. The van der Waals surface area contributed by atoms with Crippen LogP contribution in [0.1, 0.15) is 5.56 Å². The number of non-ortho nitro benzene ring substituents is 1. The van der Waals surface area contributed by atoms with Crippen LogP contribution in [0.2, 0.25) is 0 Å². The van der Waals surface area contributed by atoms with E-state index in [0.717, 1.165) is 6.07 Å². The van der Waals surface area contributed by atoms with Gasteiger partial charge in [0.05, 0.1) is 18.1 Å². The number of para-hydroxylation sites is 2. The van der Waals surface area contributed by atoms with E-state index in [4.69, 9.17) is 4.74 Å². The minimum Gasteiger partial charge on any atom is -0.506 e. The maximum absolute atomic E-state index is 10.8. The average molecular weight is 288 g/mol. The van der Waals surface area contributed by atoms with Crippen LogP contribution in [0.25, 0.3) is 0 Å². The van der Waals surface area contributed by atoms with E-state index < -0.39 is 4.92 Å². The van der Waals surface area contributed by atoms with Crippen LogP contribution in [-0.4, -0.2) is 28.5 Å². The van der Waals surface area contributed by atoms with Crippen molar-refractivity contribution in [3.8, 4) is 17.2 Å². The van der Waals surface area contributed by atoms with E-state index in [1.165, 1.54) is 25.5 Å². The zero-order valence-electron chi connectivity index (χ0n) is 11.1. The number of nitrogens with zero attached hydrogens (tertiary/aromatic N) is 2. The minimum absolute atomic E-state index is 0.0251. The molecule has 0 radical (unpaired) electrons. The maximum atomic E-state index is 10.8. The maximum Gasteiger partial charge on any atom is 0.274 e. The molecular formula is C14H12N2O5. The fourth-order valence-electron chi connectivity index (χ4n) is 1.69. The van der Waals surface area contributed by atoms with Gasteiger partial charge in [0.15, 0.2) is 11.5 Å². The Bertz CT molecular complexity index is 713. The lowest BCUT2D eigenvalue weighted by Crippen LogP contribution is -1.94. The Kier molecular flexibility index (Phi) is 4.03. The first-order chi connectivity index (χ1) is 10.0. The SMILES string of the molecule is COc1cc([N+](=O)[O-])cc(C=Nc2ccccc2O)c1O. The number of phenols is 2. The number of nitro benzene ring substituents is 1. The van der Waals surface area contributed by atoms with E-state index in [1.807, 2.05) is 0 Å². The Labute approximate surface area is 119 Å². The Hall–Kier alpha value is -3.09. The van der Waals surface area contributed by atoms with Gasteiger partial charge in [-0.2, -0.15) is 0 Å². The molecule has 108 valence electrons. The molecule has 2 aromatic carbocycles. The Morgan fingerprint density at radius 1 is 1.29 bits per heavy atom. The van der Waals surface area contributed by atoms with Gasteiger partial charge in [-0.15, -0.1) is 0 Å². The molecule has 0 amide bonds. The van der Waals surface area contributed by atoms with Gasteiger partial charge in [-0.05, 0) is 12.1 Å². The van der Waals surface area contributed by atoms with Crippen LogP contribution in [-0.2, 0) is 0 Å². The largest absolute Gasteiger partial charge is 0.506 e. The molecular weight excluding hydrogens is 276 g/mol. The predicted octanol–water partition coefficient (Wildman–Crippen LogP) is 2.77. The summed E-state index contributed by atoms with van der Waals surface area (Å²) < 4.78 is 4.89. The zero-order chi connectivity index (χ0) is 15.4. The number of hydrogen-bond acceptors (Lipinski definition) is 6. The van der Waals surface area contributed by atoms with Crippen molar-refractivity contribution in [3.63, 3.8) is 0 Å². The summed E-state index contributed by atoms with van der Waals surface area (Å²) >= 11 is 0. The summed E-state index contributed by atoms with van der Waals surface area (Å²) in [5.74, 6) is -0.323. The van der Waals surface area contributed by atoms with Crippen molar-refractivity contribution in [2.45, 2.75) is 0 Å². The van der Waals surface area contributed by atoms with Crippen LogP contribution < -0.4 is 4.74 Å². The molecule has 0 aliphatic carbocycles. The Balaban J connectivity index is 2.46. The van der Waals surface area contributed by atoms with E-state index in [9.17, 15) is 20.3 Å². The van der Waals surface area contributed by atoms with Crippen molar-refractivity contribution in [2.24, 2.45) is 4.99 Å². The van der Waals surface area contributed by atoms with Gasteiger partial charge in [0, 0.05) is 17.8 Å². The standard InChI is InChI=1S/C14H12N2O5/c1-21-13-7-10(16(19)20)6-9(14(13)18)8-15-11-4-2-3-5-12(11)17/h2-8,17-18H,1H3. The van der Waals surface area contributed by atoms with Gasteiger partial charge in [0.25, 0.3) is 5.69 Å². The molecule has 0 heterocycles. The van der Waals surface area contributed by atoms with Gasteiger partial charge < -0.3 is 14.9 Å². The van der Waals surface area contributed by atoms with E-state index in [-0.39, 0.29) is 34.2 Å². The lowest BCUT2D eigenvalue weighted by atomic mass is 10.1. The van der Waals surface area contributed by atoms with E-state index in [0.29, 0.717) is 0 Å². The highest BCUT2D eigenvalue weighted by Crippen LogP contribution is 2.34. The molecule has 7 nitrogen and oxygen atoms in total. The van der Waals surface area contributed by atoms with E-state index in [1.54, 1.807) is 18.2 Å². The number of aliphatic imine (C=N–C) groups is 1. The number of rotatable bonds is 4. The molecule has 0 atom stereocenters. The van der Waals surface area contributed by atoms with Crippen molar-refractivity contribution in [3.05, 3.63) is 52.1 Å². The second-order valence-corrected chi connectivity index (χ2v) is 4.09. The van der Waals surface area contributed by atoms with Gasteiger partial charge in [-0.25, -0.2) is 0 Å². The summed E-state index contributed by atoms with van der Waals surface area (Å²) in [6.07, 6.45) is 1.22. The summed E-state index contributed by atoms with van der Waals surface area (Å²) in [4.78, 5) is 14.2. The summed E-state index contributed by atoms with van der Waals surface area (Å²) in [6.45, 7) is 0. The quantitative estimate of drug-likeness (QED) is 0.511. The Morgan fingerprint density at radius 3 is 2.62 bits per heavy atom. The van der Waals surface area contributed by atoms with Gasteiger partial charge in [0.1, 0.15) is 11.4 Å². The van der Waals surface area contributed by atoms with Crippen molar-refractivity contribution in [1.29, 1.82) is 0 Å². The molecule has 21 heavy (non-hydrogen) atoms. The summed E-state index contributed by atoms with van der Waals surface area (Å²) in [5.41, 5.74) is 0.162. The second-order valence-electron chi connectivity index (χ2n) is 4.09. The van der Waals surface area contributed by atoms with Crippen LogP contribution in [0, 0.1) is 10.1 Å². The third-order valence-electron chi connectivity index (χ3n) is 2.74. The van der Waals surface area contributed by atoms with E-state index in [2.05, 4.69) is 4.99 Å². The third kappa shape index (κ3) is 3.08. The highest BCUT2D eigenvalue weighted by molar-refractivity contribution is 5.88. The van der Waals surface area contributed by atoms with Crippen LogP contribution in [0.4, 0.5) is 11.4 Å². The molecule has 2 aromatic rings. The predicted molar refractivity (Wildman–Crippen MR) is 76.7 cm³/mol. The van der Waals surface area contributed by atoms with Gasteiger partial charge in [-0.3, -0.25) is 15.1 Å². The first-order valence-corrected chi connectivity index (χ1v) is 5.90. The molecule has 0 unspecified atom stereocenters. The van der Waals surface area contributed by atoms with Crippen molar-refractivity contribution >= 4 is 17.6 Å². The summed E-state index contributed by atoms with van der Waals surface area (Å²) in [5, 5.41) is 30.4. The molecule has 0 fully saturated rings. The second kappa shape index (κ2) is 5.91. The molecule has 0 aliphatic heterocycles. The molecule has 0 aromatic heterocycles. The fourth-order valence-corrected chi connectivity index (χ4v) is 1.69. The number of methoxy groups -OCH3 is 1. The minimum atomic E-state index is -0.598. The van der Waals surface area contributed by atoms with Crippen molar-refractivity contribution in [2.75, 3.05) is 7.11 Å². The van der Waals surface area contributed by atoms with Crippen molar-refractivity contribution < 1.29 is 19.9 Å². The van der Waals surface area contributed by atoms with Gasteiger partial charge >= 0.3 is 0 Å². The Morgan fingerprint density at radius 2 is 2.00 bits per heavy atom. The normalized spacial score (nSPS) is 10.7. The van der Waals surface area contributed by atoms with Gasteiger partial charge in [-0.1, -0.05) is 12.1 Å². The molecule has 0 saturated carbocycles. The van der Waals surface area contributed by atoms with Crippen LogP contribution in [0.3, 0.4) is 0 Å². The lowest BCUT2D eigenvalue weighted by Gasteiger charge is -2.06. The highest BCUT2D eigenvalue weighted by atomic mass is 16.6. The fraction of sp³-hybridized carbons (Fsp3) is 0.0714. The number of nitro groups is 1. The molecule has 0 aliphatic rings. The first-order valence-electron chi connectivity index (χ1n) is 5.90. The molecule has 0 saturated heterocycles. The molecule has 2 rings (SSSR count). The van der Waals surface area contributed by atoms with Gasteiger partial charge in [0.2, 0.25) is 0 Å². The highest BCUT2D eigenvalue weighted by Gasteiger charge is 2.15. The van der Waals surface area contributed by atoms with E-state index >= 15 is 0 Å². The molecule has 2 N–H and O–H groups in total. The molecule has 7 heteroatoms. The monoisotopic (exact) mass is 288 g/mol. The van der Waals surface area contributed by atoms with Crippen LogP contribution in [0.5, 0.6) is 17.2 Å².